The second-order valence-corrected chi connectivity index (χ2v) is 5.85. The molecule has 0 unspecified atom stereocenters. The van der Waals surface area contributed by atoms with Crippen LogP contribution in [0.15, 0.2) is 60.0 Å². The minimum atomic E-state index is -0.525. The number of nitrogens with one attached hydrogen (secondary N) is 1. The van der Waals surface area contributed by atoms with Crippen LogP contribution in [0, 0.1) is 18.8 Å². The predicted molar refractivity (Wildman–Crippen MR) is 95.4 cm³/mol. The van der Waals surface area contributed by atoms with Crippen molar-refractivity contribution >= 4 is 23.1 Å². The SMILES string of the molecule is Cc1cccc(C#Cc2cccc(NC(=O)Oc3cccs3)c2)n1. The van der Waals surface area contributed by atoms with Crippen LogP contribution in [-0.4, -0.2) is 11.1 Å². The van der Waals surface area contributed by atoms with E-state index in [0.717, 1.165) is 11.3 Å². The van der Waals surface area contributed by atoms with Gasteiger partial charge in [-0.25, -0.2) is 9.78 Å². The third kappa shape index (κ3) is 4.45. The van der Waals surface area contributed by atoms with E-state index in [-0.39, 0.29) is 0 Å². The van der Waals surface area contributed by atoms with E-state index < -0.39 is 6.09 Å². The number of anilines is 1. The Kier molecular flexibility index (Phi) is 4.90. The van der Waals surface area contributed by atoms with Crippen LogP contribution in [0.5, 0.6) is 5.06 Å². The average molecular weight is 334 g/mol. The Balaban J connectivity index is 1.69. The Morgan fingerprint density at radius 3 is 2.79 bits per heavy atom. The Bertz CT molecular complexity index is 908. The maximum atomic E-state index is 11.8. The van der Waals surface area contributed by atoms with Gasteiger partial charge >= 0.3 is 6.09 Å². The van der Waals surface area contributed by atoms with Gasteiger partial charge in [0, 0.05) is 16.9 Å². The van der Waals surface area contributed by atoms with Gasteiger partial charge in [0.15, 0.2) is 5.06 Å². The van der Waals surface area contributed by atoms with E-state index in [1.165, 1.54) is 11.3 Å². The van der Waals surface area contributed by atoms with Gasteiger partial charge in [0.1, 0.15) is 5.69 Å². The summed E-state index contributed by atoms with van der Waals surface area (Å²) in [6.07, 6.45) is -0.525. The van der Waals surface area contributed by atoms with Crippen molar-refractivity contribution < 1.29 is 9.53 Å². The number of carbonyl (C=O) groups is 1. The van der Waals surface area contributed by atoms with E-state index in [4.69, 9.17) is 4.74 Å². The molecule has 118 valence electrons. The number of hydrogen-bond acceptors (Lipinski definition) is 4. The fourth-order valence-corrected chi connectivity index (χ4v) is 2.55. The smallest absolute Gasteiger partial charge is 0.399 e. The highest BCUT2D eigenvalue weighted by atomic mass is 32.1. The number of aromatic nitrogens is 1. The number of nitrogens with zero attached hydrogens (tertiary/aromatic N) is 1. The predicted octanol–water partition coefficient (Wildman–Crippen LogP) is 4.46. The van der Waals surface area contributed by atoms with Gasteiger partial charge in [0.25, 0.3) is 0 Å². The molecule has 24 heavy (non-hydrogen) atoms. The molecule has 0 atom stereocenters. The Morgan fingerprint density at radius 1 is 1.12 bits per heavy atom. The molecule has 0 bridgehead atoms. The van der Waals surface area contributed by atoms with E-state index in [0.29, 0.717) is 16.4 Å². The average Bonchev–Trinajstić information content (AvgIpc) is 3.06. The van der Waals surface area contributed by atoms with E-state index >= 15 is 0 Å². The topological polar surface area (TPSA) is 51.2 Å². The van der Waals surface area contributed by atoms with Crippen molar-refractivity contribution in [1.82, 2.24) is 4.98 Å². The van der Waals surface area contributed by atoms with Crippen LogP contribution in [0.25, 0.3) is 0 Å². The lowest BCUT2D eigenvalue weighted by Crippen LogP contribution is -2.16. The maximum absolute atomic E-state index is 11.8. The van der Waals surface area contributed by atoms with Crippen LogP contribution in [0.3, 0.4) is 0 Å². The molecule has 1 amide bonds. The van der Waals surface area contributed by atoms with Crippen molar-refractivity contribution in [2.24, 2.45) is 0 Å². The molecule has 0 aliphatic rings. The summed E-state index contributed by atoms with van der Waals surface area (Å²) in [5.74, 6) is 6.06. The zero-order valence-corrected chi connectivity index (χ0v) is 13.8. The van der Waals surface area contributed by atoms with Gasteiger partial charge in [-0.15, -0.1) is 11.3 Å². The summed E-state index contributed by atoms with van der Waals surface area (Å²) in [5, 5.41) is 5.09. The third-order valence-corrected chi connectivity index (χ3v) is 3.77. The lowest BCUT2D eigenvalue weighted by atomic mass is 10.2. The van der Waals surface area contributed by atoms with Crippen LogP contribution in [0.2, 0.25) is 0 Å². The van der Waals surface area contributed by atoms with E-state index in [9.17, 15) is 4.79 Å². The Morgan fingerprint density at radius 2 is 2.00 bits per heavy atom. The maximum Gasteiger partial charge on any atom is 0.417 e. The highest BCUT2D eigenvalue weighted by molar-refractivity contribution is 7.11. The fourth-order valence-electron chi connectivity index (χ4n) is 1.98. The number of amides is 1. The highest BCUT2D eigenvalue weighted by Crippen LogP contribution is 2.19. The summed E-state index contributed by atoms with van der Waals surface area (Å²) >= 11 is 1.36. The summed E-state index contributed by atoms with van der Waals surface area (Å²) < 4.78 is 5.16. The number of carbonyl (C=O) groups excluding carboxylic acids is 1. The number of ether oxygens (including phenoxy) is 1. The van der Waals surface area contributed by atoms with Crippen LogP contribution < -0.4 is 10.1 Å². The summed E-state index contributed by atoms with van der Waals surface area (Å²) in [4.78, 5) is 16.2. The van der Waals surface area contributed by atoms with Gasteiger partial charge in [-0.1, -0.05) is 18.1 Å². The first-order valence-corrected chi connectivity index (χ1v) is 8.15. The van der Waals surface area contributed by atoms with Crippen LogP contribution in [0.1, 0.15) is 17.0 Å². The first-order valence-electron chi connectivity index (χ1n) is 7.27. The van der Waals surface area contributed by atoms with Crippen molar-refractivity contribution in [1.29, 1.82) is 0 Å². The molecule has 0 aliphatic carbocycles. The number of pyridine rings is 1. The van der Waals surface area contributed by atoms with Crippen molar-refractivity contribution in [3.63, 3.8) is 0 Å². The summed E-state index contributed by atoms with van der Waals surface area (Å²) in [6, 6.07) is 16.5. The van der Waals surface area contributed by atoms with Gasteiger partial charge in [-0.2, -0.15) is 0 Å². The third-order valence-electron chi connectivity index (χ3n) is 3.02. The molecule has 0 spiro atoms. The molecule has 3 rings (SSSR count). The lowest BCUT2D eigenvalue weighted by Gasteiger charge is -2.05. The molecule has 0 saturated carbocycles. The summed E-state index contributed by atoms with van der Waals surface area (Å²) in [5.41, 5.74) is 3.05. The molecule has 3 aromatic rings. The van der Waals surface area contributed by atoms with Gasteiger partial charge in [0.2, 0.25) is 0 Å². The second-order valence-electron chi connectivity index (χ2n) is 4.94. The van der Waals surface area contributed by atoms with Gasteiger partial charge in [-0.05, 0) is 60.7 Å². The quantitative estimate of drug-likeness (QED) is 0.704. The zero-order valence-electron chi connectivity index (χ0n) is 12.9. The molecule has 0 aliphatic heterocycles. The highest BCUT2D eigenvalue weighted by Gasteiger charge is 2.05. The second kappa shape index (κ2) is 7.44. The minimum Gasteiger partial charge on any atom is -0.399 e. The van der Waals surface area contributed by atoms with Crippen molar-refractivity contribution in [2.45, 2.75) is 6.92 Å². The van der Waals surface area contributed by atoms with Crippen molar-refractivity contribution in [3.8, 4) is 16.9 Å². The minimum absolute atomic E-state index is 0.525. The zero-order chi connectivity index (χ0) is 16.8. The number of benzene rings is 1. The molecule has 2 heterocycles. The standard InChI is InChI=1S/C19H14N2O2S/c1-14-5-2-7-16(20-14)11-10-15-6-3-8-17(13-15)21-19(22)23-18-9-4-12-24-18/h2-9,12-13H,1H3,(H,21,22). The Hall–Kier alpha value is -3.10. The Labute approximate surface area is 144 Å². The van der Waals surface area contributed by atoms with Crippen LogP contribution in [0.4, 0.5) is 10.5 Å². The van der Waals surface area contributed by atoms with Crippen molar-refractivity contribution in [3.05, 3.63) is 76.9 Å². The summed E-state index contributed by atoms with van der Waals surface area (Å²) in [7, 11) is 0. The first kappa shape index (κ1) is 15.8. The van der Waals surface area contributed by atoms with Crippen LogP contribution in [-0.2, 0) is 0 Å². The molecule has 0 fully saturated rings. The number of rotatable bonds is 2. The fraction of sp³-hybridized carbons (Fsp3) is 0.0526. The van der Waals surface area contributed by atoms with Crippen molar-refractivity contribution in [2.75, 3.05) is 5.32 Å². The lowest BCUT2D eigenvalue weighted by molar-refractivity contribution is 0.216. The molecular formula is C19H14N2O2S. The van der Waals surface area contributed by atoms with E-state index in [1.54, 1.807) is 18.2 Å². The van der Waals surface area contributed by atoms with Crippen LogP contribution >= 0.6 is 11.3 Å². The molecule has 0 saturated heterocycles. The number of thiophene rings is 1. The van der Waals surface area contributed by atoms with Gasteiger partial charge < -0.3 is 4.74 Å². The first-order chi connectivity index (χ1) is 11.7. The molecule has 4 nitrogen and oxygen atoms in total. The molecular weight excluding hydrogens is 320 g/mol. The number of hydrogen-bond donors (Lipinski definition) is 1. The van der Waals surface area contributed by atoms with E-state index in [2.05, 4.69) is 22.1 Å². The van der Waals surface area contributed by atoms with Gasteiger partial charge in [0.05, 0.1) is 0 Å². The largest absolute Gasteiger partial charge is 0.417 e. The van der Waals surface area contributed by atoms with E-state index in [1.807, 2.05) is 48.7 Å². The number of aryl methyl sites for hydroxylation is 1. The molecule has 5 heteroatoms. The normalized spacial score (nSPS) is 9.71. The molecule has 1 N–H and O–H groups in total. The monoisotopic (exact) mass is 334 g/mol. The molecule has 0 radical (unpaired) electrons. The van der Waals surface area contributed by atoms with Gasteiger partial charge in [-0.3, -0.25) is 5.32 Å². The molecule has 2 aromatic heterocycles. The summed E-state index contributed by atoms with van der Waals surface area (Å²) in [6.45, 7) is 1.93. The molecule has 1 aromatic carbocycles.